The quantitative estimate of drug-likeness (QED) is 0.611. The molecule has 0 saturated carbocycles. The zero-order valence-corrected chi connectivity index (χ0v) is 16.6. The van der Waals surface area contributed by atoms with Gasteiger partial charge in [0.05, 0.1) is 0 Å². The summed E-state index contributed by atoms with van der Waals surface area (Å²) < 4.78 is 0.452. The second kappa shape index (κ2) is 8.37. The van der Waals surface area contributed by atoms with E-state index < -0.39 is 15.8 Å². The molecular weight excluding hydrogens is 426 g/mol. The number of carbonyl (C=O) groups is 2. The molecule has 0 aliphatic carbocycles. The van der Waals surface area contributed by atoms with Crippen LogP contribution in [0.1, 0.15) is 33.7 Å². The van der Waals surface area contributed by atoms with E-state index in [1.807, 2.05) is 0 Å². The molecule has 131 valence electrons. The minimum absolute atomic E-state index is 0.134. The van der Waals surface area contributed by atoms with Gasteiger partial charge in [0.1, 0.15) is 0 Å². The molecule has 2 heterocycles. The molecular formula is C16H16AsCl2N4O2. The van der Waals surface area contributed by atoms with Crippen molar-refractivity contribution in [2.24, 2.45) is 0 Å². The van der Waals surface area contributed by atoms with Gasteiger partial charge in [0, 0.05) is 0 Å². The number of nitrogens with one attached hydrogen (secondary N) is 3. The van der Waals surface area contributed by atoms with Crippen LogP contribution in [0.2, 0.25) is 10.0 Å². The third-order valence-electron chi connectivity index (χ3n) is 3.92. The molecule has 1 saturated heterocycles. The number of halogens is 2. The molecule has 0 spiro atoms. The van der Waals surface area contributed by atoms with E-state index in [0.29, 0.717) is 25.7 Å². The van der Waals surface area contributed by atoms with Gasteiger partial charge in [-0.15, -0.1) is 0 Å². The van der Waals surface area contributed by atoms with Crippen molar-refractivity contribution in [2.75, 3.05) is 13.1 Å². The summed E-state index contributed by atoms with van der Waals surface area (Å²) in [7, 11) is 0. The summed E-state index contributed by atoms with van der Waals surface area (Å²) in [4.78, 5) is 25.1. The Morgan fingerprint density at radius 3 is 2.56 bits per heavy atom. The van der Waals surface area contributed by atoms with Crippen molar-refractivity contribution in [2.45, 2.75) is 18.9 Å². The van der Waals surface area contributed by atoms with Gasteiger partial charge in [-0.3, -0.25) is 0 Å². The van der Waals surface area contributed by atoms with Gasteiger partial charge in [-0.2, -0.15) is 0 Å². The molecule has 25 heavy (non-hydrogen) atoms. The third-order valence-corrected chi connectivity index (χ3v) is 6.66. The SMILES string of the molecule is O=C(NC1CCNCC1)c1[nH]ncc1[As]C(=O)c1c(Cl)cccc1Cl. The topological polar surface area (TPSA) is 86.9 Å². The number of H-pyrrole nitrogens is 1. The summed E-state index contributed by atoms with van der Waals surface area (Å²) in [6.45, 7) is 1.77. The molecule has 1 aliphatic rings. The molecule has 1 radical (unpaired) electrons. The second-order valence-electron chi connectivity index (χ2n) is 5.64. The summed E-state index contributed by atoms with van der Waals surface area (Å²) in [5.74, 6) is -0.229. The Balaban J connectivity index is 1.73. The maximum atomic E-state index is 12.6. The van der Waals surface area contributed by atoms with Crippen LogP contribution in [0.4, 0.5) is 0 Å². The van der Waals surface area contributed by atoms with Crippen LogP contribution in [-0.4, -0.2) is 55.6 Å². The Morgan fingerprint density at radius 1 is 1.20 bits per heavy atom. The van der Waals surface area contributed by atoms with Gasteiger partial charge in [-0.1, -0.05) is 0 Å². The Morgan fingerprint density at radius 2 is 1.88 bits per heavy atom. The van der Waals surface area contributed by atoms with Crippen molar-refractivity contribution in [3.05, 3.63) is 45.7 Å². The molecule has 1 aliphatic heterocycles. The fourth-order valence-electron chi connectivity index (χ4n) is 2.62. The number of hydrogen-bond donors (Lipinski definition) is 3. The number of amides is 1. The summed E-state index contributed by atoms with van der Waals surface area (Å²) in [6, 6.07) is 5.08. The van der Waals surface area contributed by atoms with Crippen molar-refractivity contribution in [3.63, 3.8) is 0 Å². The Labute approximate surface area is 161 Å². The summed E-state index contributed by atoms with van der Waals surface area (Å²) in [6.07, 6.45) is 3.30. The van der Waals surface area contributed by atoms with E-state index >= 15 is 0 Å². The summed E-state index contributed by atoms with van der Waals surface area (Å²) in [5, 5.41) is 13.5. The summed E-state index contributed by atoms with van der Waals surface area (Å²) in [5.41, 5.74) is 0.645. The molecule has 1 aromatic heterocycles. The molecule has 2 aromatic rings. The maximum absolute atomic E-state index is 12.6. The molecule has 0 unspecified atom stereocenters. The minimum atomic E-state index is -0.994. The second-order valence-corrected chi connectivity index (χ2v) is 8.79. The van der Waals surface area contributed by atoms with Gasteiger partial charge in [0.15, 0.2) is 0 Å². The van der Waals surface area contributed by atoms with Gasteiger partial charge in [0.25, 0.3) is 0 Å². The third kappa shape index (κ3) is 4.45. The van der Waals surface area contributed by atoms with Crippen LogP contribution in [0.25, 0.3) is 0 Å². The van der Waals surface area contributed by atoms with Gasteiger partial charge in [-0.05, 0) is 0 Å². The van der Waals surface area contributed by atoms with Gasteiger partial charge >= 0.3 is 162 Å². The van der Waals surface area contributed by atoms with E-state index in [-0.39, 0.29) is 16.5 Å². The van der Waals surface area contributed by atoms with E-state index in [2.05, 4.69) is 20.8 Å². The van der Waals surface area contributed by atoms with Crippen LogP contribution in [0.15, 0.2) is 24.4 Å². The van der Waals surface area contributed by atoms with E-state index in [0.717, 1.165) is 25.9 Å². The molecule has 0 bridgehead atoms. The first-order valence-electron chi connectivity index (χ1n) is 7.81. The predicted octanol–water partition coefficient (Wildman–Crippen LogP) is 1.37. The Bertz CT molecular complexity index is 770. The predicted molar refractivity (Wildman–Crippen MR) is 98.1 cm³/mol. The fourth-order valence-corrected chi connectivity index (χ4v) is 5.47. The van der Waals surface area contributed by atoms with Crippen LogP contribution in [0, 0.1) is 0 Å². The molecule has 3 rings (SSSR count). The number of rotatable bonds is 5. The van der Waals surface area contributed by atoms with Crippen LogP contribution in [0.5, 0.6) is 0 Å². The van der Waals surface area contributed by atoms with Crippen LogP contribution in [-0.2, 0) is 0 Å². The molecule has 6 nitrogen and oxygen atoms in total. The zero-order valence-electron chi connectivity index (χ0n) is 13.2. The molecule has 3 N–H and O–H groups in total. The molecule has 1 amide bonds. The van der Waals surface area contributed by atoms with Crippen molar-refractivity contribution < 1.29 is 9.59 Å². The Hall–Kier alpha value is -1.33. The molecule has 1 fully saturated rings. The first kappa shape index (κ1) is 18.5. The zero-order chi connectivity index (χ0) is 17.8. The van der Waals surface area contributed by atoms with E-state index in [9.17, 15) is 9.59 Å². The van der Waals surface area contributed by atoms with Crippen LogP contribution >= 0.6 is 23.2 Å². The molecule has 9 heteroatoms. The number of aromatic nitrogens is 2. The van der Waals surface area contributed by atoms with E-state index in [1.54, 1.807) is 18.2 Å². The average molecular weight is 442 g/mol. The number of piperidine rings is 1. The van der Waals surface area contributed by atoms with Crippen molar-refractivity contribution in [1.82, 2.24) is 20.8 Å². The van der Waals surface area contributed by atoms with E-state index in [1.165, 1.54) is 6.20 Å². The van der Waals surface area contributed by atoms with Crippen molar-refractivity contribution in [3.8, 4) is 0 Å². The summed E-state index contributed by atoms with van der Waals surface area (Å²) >= 11 is 11.2. The number of carbonyl (C=O) groups excluding carboxylic acids is 2. The number of aromatic amines is 1. The van der Waals surface area contributed by atoms with Crippen molar-refractivity contribution >= 4 is 53.8 Å². The number of nitrogens with zero attached hydrogens (tertiary/aromatic N) is 1. The van der Waals surface area contributed by atoms with Crippen molar-refractivity contribution in [1.29, 1.82) is 0 Å². The number of hydrogen-bond acceptors (Lipinski definition) is 4. The van der Waals surface area contributed by atoms with Gasteiger partial charge < -0.3 is 0 Å². The normalized spacial score (nSPS) is 15.6. The fraction of sp³-hybridized carbons (Fsp3) is 0.312. The van der Waals surface area contributed by atoms with Gasteiger partial charge in [0.2, 0.25) is 0 Å². The first-order valence-corrected chi connectivity index (χ1v) is 10.4. The molecule has 0 atom stereocenters. The van der Waals surface area contributed by atoms with E-state index in [4.69, 9.17) is 23.2 Å². The van der Waals surface area contributed by atoms with Crippen LogP contribution < -0.4 is 15.0 Å². The monoisotopic (exact) mass is 441 g/mol. The van der Waals surface area contributed by atoms with Gasteiger partial charge in [-0.25, -0.2) is 0 Å². The first-order chi connectivity index (χ1) is 12.1. The average Bonchev–Trinajstić information content (AvgIpc) is 3.04. The Kier molecular flexibility index (Phi) is 6.18. The molecule has 1 aromatic carbocycles. The standard InChI is InChI=1S/C16H16AsCl2N4O2/c18-11-2-1-3-12(19)13(11)15(24)17-10-8-21-23-14(10)16(25)22-9-4-6-20-7-5-9/h1-3,8-9,20H,4-7H2,(H,21,23)(H,22,25). The van der Waals surface area contributed by atoms with Crippen LogP contribution in [0.3, 0.4) is 0 Å². The number of benzene rings is 1.